The Balaban J connectivity index is 1.35. The van der Waals surface area contributed by atoms with E-state index in [4.69, 9.17) is 5.10 Å². The third-order valence-corrected chi connectivity index (χ3v) is 6.16. The molecule has 142 valence electrons. The maximum absolute atomic E-state index is 11.7. The normalized spacial score (nSPS) is 27.3. The smallest absolute Gasteiger partial charge is 0.220 e. The summed E-state index contributed by atoms with van der Waals surface area (Å²) in [4.78, 5) is 18.5. The number of aromatic nitrogens is 2. The van der Waals surface area contributed by atoms with Crippen LogP contribution in [-0.4, -0.2) is 53.2 Å². The van der Waals surface area contributed by atoms with E-state index in [9.17, 15) is 4.79 Å². The minimum absolute atomic E-state index is 0.0804. The van der Waals surface area contributed by atoms with Crippen LogP contribution in [0.15, 0.2) is 17.3 Å². The molecule has 3 aliphatic rings. The summed E-state index contributed by atoms with van der Waals surface area (Å²) in [6.07, 6.45) is 10.1. The molecule has 0 bridgehead atoms. The zero-order valence-electron chi connectivity index (χ0n) is 15.7. The lowest BCUT2D eigenvalue weighted by Crippen LogP contribution is -2.51. The van der Waals surface area contributed by atoms with Crippen molar-refractivity contribution in [2.24, 2.45) is 10.4 Å². The molecular weight excluding hydrogens is 328 g/mol. The molecule has 2 saturated heterocycles. The fourth-order valence-corrected chi connectivity index (χ4v) is 4.77. The summed E-state index contributed by atoms with van der Waals surface area (Å²) in [5.74, 6) is 1.10. The molecule has 1 aromatic heterocycles. The van der Waals surface area contributed by atoms with E-state index in [0.29, 0.717) is 19.0 Å². The minimum atomic E-state index is 0.0804. The maximum Gasteiger partial charge on any atom is 0.220 e. The van der Waals surface area contributed by atoms with Crippen molar-refractivity contribution >= 4 is 11.9 Å². The number of likely N-dealkylation sites (tertiary alicyclic amines) is 1. The molecule has 1 unspecified atom stereocenters. The van der Waals surface area contributed by atoms with Crippen LogP contribution in [0.4, 0.5) is 0 Å². The third-order valence-electron chi connectivity index (χ3n) is 6.16. The topological polar surface area (TPSA) is 74.6 Å². The van der Waals surface area contributed by atoms with Crippen LogP contribution in [-0.2, 0) is 11.3 Å². The zero-order valence-corrected chi connectivity index (χ0v) is 15.7. The average molecular weight is 358 g/mol. The second-order valence-electron chi connectivity index (χ2n) is 8.10. The van der Waals surface area contributed by atoms with Gasteiger partial charge in [0.25, 0.3) is 0 Å². The van der Waals surface area contributed by atoms with Gasteiger partial charge in [0.1, 0.15) is 0 Å². The van der Waals surface area contributed by atoms with Gasteiger partial charge in [-0.1, -0.05) is 12.8 Å². The summed E-state index contributed by atoms with van der Waals surface area (Å²) in [5.41, 5.74) is 1.14. The lowest BCUT2D eigenvalue weighted by Gasteiger charge is -2.40. The van der Waals surface area contributed by atoms with E-state index in [-0.39, 0.29) is 11.3 Å². The SMILES string of the molecule is CN=C(NCc1ccn(C2CCCC2)n1)N1CCCC2(CNC(=O)C2)C1. The van der Waals surface area contributed by atoms with E-state index < -0.39 is 0 Å². The zero-order chi connectivity index (χ0) is 18.0. The molecule has 1 amide bonds. The Kier molecular flexibility index (Phi) is 4.87. The van der Waals surface area contributed by atoms with Crippen molar-refractivity contribution in [3.8, 4) is 0 Å². The first-order valence-electron chi connectivity index (χ1n) is 9.94. The molecule has 1 spiro atoms. The van der Waals surface area contributed by atoms with Crippen LogP contribution in [0.3, 0.4) is 0 Å². The molecule has 3 fully saturated rings. The van der Waals surface area contributed by atoms with E-state index >= 15 is 0 Å². The minimum Gasteiger partial charge on any atom is -0.355 e. The molecule has 1 aliphatic carbocycles. The highest BCUT2D eigenvalue weighted by molar-refractivity contribution is 5.81. The molecule has 2 N–H and O–H groups in total. The van der Waals surface area contributed by atoms with Crippen molar-refractivity contribution in [3.05, 3.63) is 18.0 Å². The Morgan fingerprint density at radius 1 is 1.42 bits per heavy atom. The maximum atomic E-state index is 11.7. The summed E-state index contributed by atoms with van der Waals surface area (Å²) >= 11 is 0. The van der Waals surface area contributed by atoms with E-state index in [1.807, 2.05) is 7.05 Å². The fraction of sp³-hybridized carbons (Fsp3) is 0.737. The average Bonchev–Trinajstić information content (AvgIpc) is 3.37. The van der Waals surface area contributed by atoms with Crippen LogP contribution in [0.5, 0.6) is 0 Å². The second kappa shape index (κ2) is 7.29. The molecule has 0 aromatic carbocycles. The van der Waals surface area contributed by atoms with Crippen molar-refractivity contribution in [2.75, 3.05) is 26.7 Å². The molecule has 1 atom stereocenters. The van der Waals surface area contributed by atoms with Crippen molar-refractivity contribution in [3.63, 3.8) is 0 Å². The van der Waals surface area contributed by atoms with Crippen molar-refractivity contribution in [1.82, 2.24) is 25.3 Å². The first-order chi connectivity index (χ1) is 12.7. The van der Waals surface area contributed by atoms with E-state index in [1.54, 1.807) is 0 Å². The molecule has 1 aromatic rings. The van der Waals surface area contributed by atoms with Crippen LogP contribution in [0.25, 0.3) is 0 Å². The van der Waals surface area contributed by atoms with Crippen LogP contribution in [0.1, 0.15) is 56.7 Å². The molecule has 7 nitrogen and oxygen atoms in total. The van der Waals surface area contributed by atoms with Crippen molar-refractivity contribution < 1.29 is 4.79 Å². The highest BCUT2D eigenvalue weighted by Crippen LogP contribution is 2.36. The number of guanidine groups is 1. The lowest BCUT2D eigenvalue weighted by atomic mass is 9.79. The monoisotopic (exact) mass is 358 g/mol. The lowest BCUT2D eigenvalue weighted by molar-refractivity contribution is -0.119. The summed E-state index contributed by atoms with van der Waals surface area (Å²) in [5, 5.41) is 11.2. The van der Waals surface area contributed by atoms with Gasteiger partial charge in [-0.15, -0.1) is 0 Å². The number of carbonyl (C=O) groups is 1. The van der Waals surface area contributed by atoms with E-state index in [0.717, 1.165) is 44.1 Å². The Morgan fingerprint density at radius 3 is 3.00 bits per heavy atom. The number of carbonyl (C=O) groups excluding carboxylic acids is 1. The Hall–Kier alpha value is -2.05. The quantitative estimate of drug-likeness (QED) is 0.637. The van der Waals surface area contributed by atoms with E-state index in [1.165, 1.54) is 25.7 Å². The van der Waals surface area contributed by atoms with Gasteiger partial charge in [-0.05, 0) is 31.7 Å². The van der Waals surface area contributed by atoms with Gasteiger partial charge in [0.2, 0.25) is 5.91 Å². The molecule has 4 rings (SSSR count). The summed E-state index contributed by atoms with van der Waals surface area (Å²) < 4.78 is 2.14. The van der Waals surface area contributed by atoms with Crippen LogP contribution < -0.4 is 10.6 Å². The highest BCUT2D eigenvalue weighted by Gasteiger charge is 2.42. The second-order valence-corrected chi connectivity index (χ2v) is 8.10. The fourth-order valence-electron chi connectivity index (χ4n) is 4.77. The molecular formula is C19H30N6O. The molecule has 0 radical (unpaired) electrons. The van der Waals surface area contributed by atoms with Crippen LogP contribution in [0, 0.1) is 5.41 Å². The van der Waals surface area contributed by atoms with E-state index in [2.05, 4.69) is 37.5 Å². The van der Waals surface area contributed by atoms with Gasteiger partial charge in [0, 0.05) is 44.7 Å². The number of piperidine rings is 1. The first-order valence-corrected chi connectivity index (χ1v) is 9.94. The highest BCUT2D eigenvalue weighted by atomic mass is 16.1. The Bertz CT molecular complexity index is 677. The number of hydrogen-bond donors (Lipinski definition) is 2. The van der Waals surface area contributed by atoms with Crippen LogP contribution in [0.2, 0.25) is 0 Å². The van der Waals surface area contributed by atoms with Gasteiger partial charge in [-0.2, -0.15) is 5.10 Å². The third kappa shape index (κ3) is 3.57. The van der Waals surface area contributed by atoms with Gasteiger partial charge in [0.05, 0.1) is 18.3 Å². The van der Waals surface area contributed by atoms with Crippen molar-refractivity contribution in [2.45, 2.75) is 57.5 Å². The van der Waals surface area contributed by atoms with Gasteiger partial charge in [-0.25, -0.2) is 0 Å². The number of rotatable bonds is 3. The van der Waals surface area contributed by atoms with Gasteiger partial charge in [0.15, 0.2) is 5.96 Å². The van der Waals surface area contributed by atoms with Gasteiger partial charge < -0.3 is 15.5 Å². The summed E-state index contributed by atoms with van der Waals surface area (Å²) in [6.45, 7) is 3.37. The van der Waals surface area contributed by atoms with Crippen LogP contribution >= 0.6 is 0 Å². The number of nitrogens with zero attached hydrogens (tertiary/aromatic N) is 4. The summed E-state index contributed by atoms with van der Waals surface area (Å²) in [7, 11) is 1.83. The summed E-state index contributed by atoms with van der Waals surface area (Å²) in [6, 6.07) is 2.69. The standard InChI is InChI=1S/C19H30N6O/c1-20-18(24-9-4-8-19(14-24)11-17(26)22-13-19)21-12-15-7-10-25(23-15)16-5-2-3-6-16/h7,10,16H,2-6,8-9,11-14H2,1H3,(H,20,21)(H,22,26). The number of nitrogens with one attached hydrogen (secondary N) is 2. The van der Waals surface area contributed by atoms with Crippen molar-refractivity contribution in [1.29, 1.82) is 0 Å². The number of amides is 1. The van der Waals surface area contributed by atoms with Gasteiger partial charge in [-0.3, -0.25) is 14.5 Å². The molecule has 7 heteroatoms. The Labute approximate surface area is 155 Å². The number of hydrogen-bond acceptors (Lipinski definition) is 3. The predicted molar refractivity (Wildman–Crippen MR) is 101 cm³/mol. The van der Waals surface area contributed by atoms with Gasteiger partial charge >= 0.3 is 0 Å². The predicted octanol–water partition coefficient (Wildman–Crippen LogP) is 1.68. The number of aliphatic imine (C=N–C) groups is 1. The first kappa shape index (κ1) is 17.4. The molecule has 2 aliphatic heterocycles. The molecule has 26 heavy (non-hydrogen) atoms. The molecule has 1 saturated carbocycles. The Morgan fingerprint density at radius 2 is 2.27 bits per heavy atom. The largest absolute Gasteiger partial charge is 0.355 e. The molecule has 3 heterocycles.